The van der Waals surface area contributed by atoms with Crippen LogP contribution in [-0.2, 0) is 9.59 Å². The number of methoxy groups -OCH3 is 1. The molecule has 3 rings (SSSR count). The minimum absolute atomic E-state index is 0.0926. The molecule has 2 aromatic rings. The lowest BCUT2D eigenvalue weighted by molar-refractivity contribution is -0.122. The van der Waals surface area contributed by atoms with Crippen LogP contribution in [0.1, 0.15) is 36.0 Å². The third kappa shape index (κ3) is 6.57. The van der Waals surface area contributed by atoms with Crippen LogP contribution in [0.15, 0.2) is 54.6 Å². The molecule has 0 saturated carbocycles. The molecular weight excluding hydrogens is 394 g/mol. The minimum atomic E-state index is -0.265. The van der Waals surface area contributed by atoms with Gasteiger partial charge < -0.3 is 20.3 Å². The summed E-state index contributed by atoms with van der Waals surface area (Å²) < 4.78 is 5.21. The first-order chi connectivity index (χ1) is 15.1. The molecule has 1 heterocycles. The lowest BCUT2D eigenvalue weighted by atomic mass is 9.97. The number of carbonyl (C=O) groups is 3. The van der Waals surface area contributed by atoms with E-state index in [1.165, 1.54) is 0 Å². The Kier molecular flexibility index (Phi) is 8.04. The smallest absolute Gasteiger partial charge is 0.253 e. The molecule has 2 N–H and O–H groups in total. The van der Waals surface area contributed by atoms with Gasteiger partial charge in [-0.25, -0.2) is 0 Å². The van der Waals surface area contributed by atoms with Crippen LogP contribution in [0.25, 0.3) is 0 Å². The summed E-state index contributed by atoms with van der Waals surface area (Å²) >= 11 is 0. The molecule has 1 aliphatic rings. The first-order valence-electron chi connectivity index (χ1n) is 10.6. The highest BCUT2D eigenvalue weighted by molar-refractivity contribution is 5.94. The third-order valence-corrected chi connectivity index (χ3v) is 5.42. The highest BCUT2D eigenvalue weighted by Crippen LogP contribution is 2.20. The monoisotopic (exact) mass is 423 g/mol. The van der Waals surface area contributed by atoms with Gasteiger partial charge in [-0.15, -0.1) is 0 Å². The maximum atomic E-state index is 12.9. The molecule has 3 amide bonds. The maximum absolute atomic E-state index is 12.9. The number of hydrogen-bond acceptors (Lipinski definition) is 4. The predicted molar refractivity (Wildman–Crippen MR) is 119 cm³/mol. The van der Waals surface area contributed by atoms with Gasteiger partial charge in [0, 0.05) is 49.3 Å². The lowest BCUT2D eigenvalue weighted by Gasteiger charge is -2.23. The zero-order valence-corrected chi connectivity index (χ0v) is 17.8. The quantitative estimate of drug-likeness (QED) is 0.791. The van der Waals surface area contributed by atoms with E-state index in [1.807, 2.05) is 36.4 Å². The Balaban J connectivity index is 1.66. The van der Waals surface area contributed by atoms with Gasteiger partial charge in [0.15, 0.2) is 0 Å². The Labute approximate surface area is 182 Å². The van der Waals surface area contributed by atoms with Gasteiger partial charge in [-0.05, 0) is 43.5 Å². The van der Waals surface area contributed by atoms with E-state index in [4.69, 9.17) is 4.74 Å². The average Bonchev–Trinajstić information content (AvgIpc) is 2.84. The molecule has 1 fully saturated rings. The zero-order valence-electron chi connectivity index (χ0n) is 17.8. The van der Waals surface area contributed by atoms with Crippen LogP contribution in [0, 0.1) is 5.92 Å². The van der Waals surface area contributed by atoms with Crippen molar-refractivity contribution in [3.05, 3.63) is 60.2 Å². The van der Waals surface area contributed by atoms with E-state index in [0.29, 0.717) is 55.9 Å². The summed E-state index contributed by atoms with van der Waals surface area (Å²) in [6, 6.07) is 16.3. The molecule has 31 heavy (non-hydrogen) atoms. The van der Waals surface area contributed by atoms with Crippen LogP contribution in [0.2, 0.25) is 0 Å². The highest BCUT2D eigenvalue weighted by Gasteiger charge is 2.22. The first-order valence-corrected chi connectivity index (χ1v) is 10.6. The minimum Gasteiger partial charge on any atom is -0.497 e. The van der Waals surface area contributed by atoms with Gasteiger partial charge in [-0.2, -0.15) is 0 Å². The molecule has 1 saturated heterocycles. The molecule has 0 radical (unpaired) electrons. The molecular formula is C24H29N3O4. The zero-order chi connectivity index (χ0) is 22.1. The van der Waals surface area contributed by atoms with Crippen LogP contribution < -0.4 is 15.4 Å². The molecule has 0 spiro atoms. The number of carbonyl (C=O) groups excluding carboxylic acids is 3. The molecule has 1 atom stereocenters. The Morgan fingerprint density at radius 2 is 1.87 bits per heavy atom. The summed E-state index contributed by atoms with van der Waals surface area (Å²) in [5, 5.41) is 5.81. The molecule has 7 nitrogen and oxygen atoms in total. The number of nitrogens with one attached hydrogen (secondary N) is 2. The first kappa shape index (κ1) is 22.3. The largest absolute Gasteiger partial charge is 0.497 e. The van der Waals surface area contributed by atoms with E-state index in [9.17, 15) is 14.4 Å². The Hall–Kier alpha value is -3.35. The predicted octanol–water partition coefficient (Wildman–Crippen LogP) is 3.08. The van der Waals surface area contributed by atoms with Crippen LogP contribution >= 0.6 is 0 Å². The number of benzene rings is 2. The molecule has 164 valence electrons. The number of ether oxygens (including phenoxy) is 1. The summed E-state index contributed by atoms with van der Waals surface area (Å²) in [4.78, 5) is 39.7. The van der Waals surface area contributed by atoms with Crippen LogP contribution in [0.3, 0.4) is 0 Å². The van der Waals surface area contributed by atoms with E-state index < -0.39 is 0 Å². The number of hydrogen-bond donors (Lipinski definition) is 2. The second-order valence-corrected chi connectivity index (χ2v) is 7.61. The summed E-state index contributed by atoms with van der Waals surface area (Å²) in [6.45, 7) is 1.30. The number of nitrogens with zero attached hydrogens (tertiary/aromatic N) is 1. The van der Waals surface area contributed by atoms with Crippen molar-refractivity contribution in [3.63, 3.8) is 0 Å². The molecule has 0 aromatic heterocycles. The average molecular weight is 424 g/mol. The summed E-state index contributed by atoms with van der Waals surface area (Å²) in [7, 11) is 1.58. The maximum Gasteiger partial charge on any atom is 0.253 e. The molecule has 0 aliphatic carbocycles. The van der Waals surface area contributed by atoms with E-state index >= 15 is 0 Å². The molecule has 1 unspecified atom stereocenters. The second kappa shape index (κ2) is 11.2. The summed E-state index contributed by atoms with van der Waals surface area (Å²) in [6.07, 6.45) is 2.11. The normalized spacial score (nSPS) is 17.8. The van der Waals surface area contributed by atoms with Crippen molar-refractivity contribution in [3.8, 4) is 5.75 Å². The van der Waals surface area contributed by atoms with E-state index in [-0.39, 0.29) is 30.1 Å². The van der Waals surface area contributed by atoms with E-state index in [1.54, 1.807) is 30.2 Å². The summed E-state index contributed by atoms with van der Waals surface area (Å²) in [5.41, 5.74) is 1.27. The van der Waals surface area contributed by atoms with Gasteiger partial charge in [0.25, 0.3) is 5.91 Å². The number of rotatable bonds is 4. The van der Waals surface area contributed by atoms with Gasteiger partial charge in [0.2, 0.25) is 11.8 Å². The van der Waals surface area contributed by atoms with Crippen molar-refractivity contribution in [1.82, 2.24) is 10.2 Å². The summed E-state index contributed by atoms with van der Waals surface area (Å²) in [5.74, 6) is 0.105. The van der Waals surface area contributed by atoms with Crippen molar-refractivity contribution in [2.24, 2.45) is 5.92 Å². The van der Waals surface area contributed by atoms with Gasteiger partial charge >= 0.3 is 0 Å². The Morgan fingerprint density at radius 1 is 1.06 bits per heavy atom. The van der Waals surface area contributed by atoms with Gasteiger partial charge in [0.1, 0.15) is 5.75 Å². The Bertz CT molecular complexity index is 901. The Morgan fingerprint density at radius 3 is 2.65 bits per heavy atom. The lowest BCUT2D eigenvalue weighted by Crippen LogP contribution is -2.35. The number of amides is 3. The fourth-order valence-corrected chi connectivity index (χ4v) is 3.67. The molecule has 1 aliphatic heterocycles. The fourth-order valence-electron chi connectivity index (χ4n) is 3.67. The van der Waals surface area contributed by atoms with Crippen molar-refractivity contribution in [1.29, 1.82) is 0 Å². The standard InChI is InChI=1S/C24H29N3O4/c1-31-21-11-5-10-20(17-21)26-23(29)18-9-6-15-27(16-13-22(28)25-14-12-18)24(30)19-7-3-2-4-8-19/h2-5,7-8,10-11,17-18H,6,9,12-16H2,1H3,(H,25,28)(H,26,29). The molecule has 7 heteroatoms. The van der Waals surface area contributed by atoms with Crippen molar-refractivity contribution in [2.45, 2.75) is 25.7 Å². The highest BCUT2D eigenvalue weighted by atomic mass is 16.5. The number of anilines is 1. The SMILES string of the molecule is COc1cccc(NC(=O)C2CCCN(C(=O)c3ccccc3)CCC(=O)NCC2)c1. The van der Waals surface area contributed by atoms with Gasteiger partial charge in [0.05, 0.1) is 7.11 Å². The van der Waals surface area contributed by atoms with Crippen LogP contribution in [0.5, 0.6) is 5.75 Å². The third-order valence-electron chi connectivity index (χ3n) is 5.42. The van der Waals surface area contributed by atoms with E-state index in [2.05, 4.69) is 10.6 Å². The second-order valence-electron chi connectivity index (χ2n) is 7.61. The van der Waals surface area contributed by atoms with E-state index in [0.717, 1.165) is 0 Å². The van der Waals surface area contributed by atoms with Crippen LogP contribution in [-0.4, -0.2) is 49.4 Å². The van der Waals surface area contributed by atoms with Crippen molar-refractivity contribution >= 4 is 23.4 Å². The molecule has 2 aromatic carbocycles. The van der Waals surface area contributed by atoms with Crippen LogP contribution in [0.4, 0.5) is 5.69 Å². The molecule has 0 bridgehead atoms. The van der Waals surface area contributed by atoms with Gasteiger partial charge in [-0.3, -0.25) is 14.4 Å². The van der Waals surface area contributed by atoms with Crippen molar-refractivity contribution in [2.75, 3.05) is 32.1 Å². The topological polar surface area (TPSA) is 87.7 Å². The van der Waals surface area contributed by atoms with Gasteiger partial charge in [-0.1, -0.05) is 24.3 Å². The fraction of sp³-hybridized carbons (Fsp3) is 0.375. The van der Waals surface area contributed by atoms with Crippen molar-refractivity contribution < 1.29 is 19.1 Å².